The highest BCUT2D eigenvalue weighted by Gasteiger charge is 2.36. The molecule has 0 N–H and O–H groups in total. The van der Waals surface area contributed by atoms with Gasteiger partial charge >= 0.3 is 5.97 Å². The van der Waals surface area contributed by atoms with Gasteiger partial charge < -0.3 is 14.0 Å². The number of para-hydroxylation sites is 1. The van der Waals surface area contributed by atoms with Crippen LogP contribution in [0.2, 0.25) is 0 Å². The van der Waals surface area contributed by atoms with E-state index < -0.39 is 0 Å². The number of hydrogen-bond donors (Lipinski definition) is 0. The molecule has 0 amide bonds. The minimum absolute atomic E-state index is 0.133. The fraction of sp³-hybridized carbons (Fsp3) is 0.629. The predicted molar refractivity (Wildman–Crippen MR) is 164 cm³/mol. The van der Waals surface area contributed by atoms with Crippen LogP contribution in [-0.2, 0) is 22.5 Å². The van der Waals surface area contributed by atoms with E-state index in [1.54, 1.807) is 0 Å². The lowest BCUT2D eigenvalue weighted by Crippen LogP contribution is -2.53. The second kappa shape index (κ2) is 18.9. The number of carbonyl (C=O) groups is 1. The molecule has 2 aromatic rings. The SMILES string of the molecule is CCCCCCCCCCCCc1ccccc1OC(C)COC(=O)C(CCC)[N+](C)(C)Cc1ccccc1. The molecule has 0 radical (unpaired) electrons. The highest BCUT2D eigenvalue weighted by molar-refractivity contribution is 5.74. The van der Waals surface area contributed by atoms with Gasteiger partial charge in [-0.3, -0.25) is 0 Å². The lowest BCUT2D eigenvalue weighted by atomic mass is 10.0. The fourth-order valence-electron chi connectivity index (χ4n) is 5.36. The molecule has 0 saturated heterocycles. The maximum Gasteiger partial charge on any atom is 0.365 e. The summed E-state index contributed by atoms with van der Waals surface area (Å²) >= 11 is 0. The zero-order valence-electron chi connectivity index (χ0n) is 25.6. The van der Waals surface area contributed by atoms with Gasteiger partial charge in [0, 0.05) is 12.0 Å². The molecule has 0 aliphatic carbocycles. The summed E-state index contributed by atoms with van der Waals surface area (Å²) in [7, 11) is 4.25. The molecular formula is C35H56NO3+. The number of nitrogens with zero attached hydrogens (tertiary/aromatic N) is 1. The number of hydrogen-bond acceptors (Lipinski definition) is 3. The van der Waals surface area contributed by atoms with E-state index in [4.69, 9.17) is 9.47 Å². The van der Waals surface area contributed by atoms with E-state index in [1.165, 1.54) is 75.3 Å². The van der Waals surface area contributed by atoms with Gasteiger partial charge in [-0.25, -0.2) is 4.79 Å². The maximum atomic E-state index is 13.2. The lowest BCUT2D eigenvalue weighted by molar-refractivity contribution is -0.920. The topological polar surface area (TPSA) is 35.5 Å². The molecule has 4 nitrogen and oxygen atoms in total. The largest absolute Gasteiger partial charge is 0.487 e. The van der Waals surface area contributed by atoms with Gasteiger partial charge in [-0.1, -0.05) is 120 Å². The average molecular weight is 539 g/mol. The van der Waals surface area contributed by atoms with Crippen LogP contribution in [0, 0.1) is 0 Å². The van der Waals surface area contributed by atoms with Crippen LogP contribution in [0.4, 0.5) is 0 Å². The van der Waals surface area contributed by atoms with E-state index in [1.807, 2.05) is 25.1 Å². The van der Waals surface area contributed by atoms with Crippen molar-refractivity contribution in [3.63, 3.8) is 0 Å². The molecule has 0 aliphatic heterocycles. The minimum Gasteiger partial charge on any atom is -0.487 e. The number of ether oxygens (including phenoxy) is 2. The number of quaternary nitrogens is 1. The first-order chi connectivity index (χ1) is 18.9. The van der Waals surface area contributed by atoms with Crippen molar-refractivity contribution in [3.8, 4) is 5.75 Å². The van der Waals surface area contributed by atoms with Crippen molar-refractivity contribution in [1.82, 2.24) is 0 Å². The second-order valence-electron chi connectivity index (χ2n) is 11.8. The van der Waals surface area contributed by atoms with E-state index in [-0.39, 0.29) is 24.7 Å². The van der Waals surface area contributed by atoms with E-state index in [9.17, 15) is 4.79 Å². The van der Waals surface area contributed by atoms with Crippen molar-refractivity contribution < 1.29 is 18.8 Å². The van der Waals surface area contributed by atoms with E-state index in [2.05, 4.69) is 64.3 Å². The van der Waals surface area contributed by atoms with Crippen molar-refractivity contribution in [1.29, 1.82) is 0 Å². The molecule has 2 aromatic carbocycles. The standard InChI is InChI=1S/C35H56NO3/c1-6-8-9-10-11-12-13-14-15-19-25-32-26-20-21-27-34(32)39-30(3)29-38-35(37)33(22-7-2)36(4,5)28-31-23-17-16-18-24-31/h16-18,20-21,23-24,26-27,30,33H,6-15,19,22,25,28-29H2,1-5H3/q+1. The Kier molecular flexibility index (Phi) is 15.9. The molecule has 0 saturated carbocycles. The maximum absolute atomic E-state index is 13.2. The van der Waals surface area contributed by atoms with Gasteiger partial charge in [0.15, 0.2) is 6.04 Å². The van der Waals surface area contributed by atoms with Gasteiger partial charge in [0.05, 0.1) is 14.1 Å². The molecule has 0 aliphatic rings. The normalized spacial score (nSPS) is 13.2. The number of esters is 1. The summed E-state index contributed by atoms with van der Waals surface area (Å²) in [6.45, 7) is 7.44. The minimum atomic E-state index is -0.203. The predicted octanol–water partition coefficient (Wildman–Crippen LogP) is 8.91. The smallest absolute Gasteiger partial charge is 0.365 e. The Morgan fingerprint density at radius 3 is 2.00 bits per heavy atom. The summed E-state index contributed by atoms with van der Waals surface area (Å²) in [6, 6.07) is 18.5. The van der Waals surface area contributed by atoms with Crippen LogP contribution in [0.5, 0.6) is 5.75 Å². The quantitative estimate of drug-likeness (QED) is 0.0904. The molecule has 2 atom stereocenters. The van der Waals surface area contributed by atoms with E-state index in [0.29, 0.717) is 4.48 Å². The van der Waals surface area contributed by atoms with Gasteiger partial charge in [0.2, 0.25) is 0 Å². The highest BCUT2D eigenvalue weighted by Crippen LogP contribution is 2.23. The van der Waals surface area contributed by atoms with Crippen LogP contribution in [-0.4, -0.2) is 43.3 Å². The first kappa shape index (κ1) is 32.9. The fourth-order valence-corrected chi connectivity index (χ4v) is 5.36. The highest BCUT2D eigenvalue weighted by atomic mass is 16.6. The van der Waals surface area contributed by atoms with Crippen LogP contribution in [0.3, 0.4) is 0 Å². The third kappa shape index (κ3) is 13.0. The Balaban J connectivity index is 1.78. The van der Waals surface area contributed by atoms with Gasteiger partial charge in [-0.05, 0) is 37.8 Å². The molecule has 0 aromatic heterocycles. The molecular weight excluding hydrogens is 482 g/mol. The summed E-state index contributed by atoms with van der Waals surface area (Å²) in [4.78, 5) is 13.2. The number of aryl methyl sites for hydroxylation is 1. The number of rotatable bonds is 21. The van der Waals surface area contributed by atoms with Crippen molar-refractivity contribution in [2.75, 3.05) is 20.7 Å². The Bertz CT molecular complexity index is 911. The number of carbonyl (C=O) groups excluding carboxylic acids is 1. The van der Waals surface area contributed by atoms with Crippen LogP contribution in [0.25, 0.3) is 0 Å². The molecule has 218 valence electrons. The van der Waals surface area contributed by atoms with Crippen molar-refractivity contribution >= 4 is 5.97 Å². The first-order valence-electron chi connectivity index (χ1n) is 15.6. The van der Waals surface area contributed by atoms with Crippen LogP contribution in [0.1, 0.15) is 109 Å². The summed E-state index contributed by atoms with van der Waals surface area (Å²) < 4.78 is 12.7. The number of unbranched alkanes of at least 4 members (excludes halogenated alkanes) is 9. The van der Waals surface area contributed by atoms with Crippen molar-refractivity contribution in [2.24, 2.45) is 0 Å². The van der Waals surface area contributed by atoms with E-state index in [0.717, 1.165) is 31.6 Å². The lowest BCUT2D eigenvalue weighted by Gasteiger charge is -2.36. The van der Waals surface area contributed by atoms with Crippen LogP contribution < -0.4 is 4.74 Å². The first-order valence-corrected chi connectivity index (χ1v) is 15.6. The Labute approximate surface area is 239 Å². The summed E-state index contributed by atoms with van der Waals surface area (Å²) in [5.74, 6) is 0.786. The number of benzene rings is 2. The zero-order chi connectivity index (χ0) is 28.3. The third-order valence-electron chi connectivity index (χ3n) is 7.67. The molecule has 0 spiro atoms. The van der Waals surface area contributed by atoms with Gasteiger partial charge in [-0.15, -0.1) is 0 Å². The second-order valence-corrected chi connectivity index (χ2v) is 11.8. The molecule has 2 unspecified atom stereocenters. The Hall–Kier alpha value is -2.33. The van der Waals surface area contributed by atoms with Gasteiger partial charge in [0.25, 0.3) is 0 Å². The van der Waals surface area contributed by atoms with Crippen molar-refractivity contribution in [2.45, 2.75) is 123 Å². The van der Waals surface area contributed by atoms with Crippen LogP contribution in [0.15, 0.2) is 54.6 Å². The van der Waals surface area contributed by atoms with Crippen molar-refractivity contribution in [3.05, 3.63) is 65.7 Å². The monoisotopic (exact) mass is 538 g/mol. The third-order valence-corrected chi connectivity index (χ3v) is 7.67. The molecule has 0 bridgehead atoms. The molecule has 4 heteroatoms. The van der Waals surface area contributed by atoms with Gasteiger partial charge in [0.1, 0.15) is 25.0 Å². The number of likely N-dealkylation sites (N-methyl/N-ethyl adjacent to an activating group) is 1. The summed E-state index contributed by atoms with van der Waals surface area (Å²) in [5, 5.41) is 0. The Morgan fingerprint density at radius 1 is 0.769 bits per heavy atom. The summed E-state index contributed by atoms with van der Waals surface area (Å²) in [5.41, 5.74) is 2.48. The molecule has 39 heavy (non-hydrogen) atoms. The zero-order valence-corrected chi connectivity index (χ0v) is 25.6. The molecule has 0 fully saturated rings. The Morgan fingerprint density at radius 2 is 1.36 bits per heavy atom. The molecule has 2 rings (SSSR count). The molecule has 0 heterocycles. The average Bonchev–Trinajstić information content (AvgIpc) is 2.92. The van der Waals surface area contributed by atoms with E-state index >= 15 is 0 Å². The summed E-state index contributed by atoms with van der Waals surface area (Å²) in [6.07, 6.45) is 16.0. The van der Waals surface area contributed by atoms with Crippen LogP contribution >= 0.6 is 0 Å². The van der Waals surface area contributed by atoms with Gasteiger partial charge in [-0.2, -0.15) is 0 Å².